The summed E-state index contributed by atoms with van der Waals surface area (Å²) in [7, 11) is 0. The third-order valence-corrected chi connectivity index (χ3v) is 3.30. The molecule has 0 aromatic heterocycles. The second-order valence-electron chi connectivity index (χ2n) is 4.61. The van der Waals surface area contributed by atoms with Crippen molar-refractivity contribution < 1.29 is 14.6 Å². The fourth-order valence-corrected chi connectivity index (χ4v) is 2.24. The number of rotatable bonds is 3. The number of aliphatic hydroxyl groups excluding tert-OH is 1. The van der Waals surface area contributed by atoms with Crippen LogP contribution in [-0.4, -0.2) is 35.8 Å². The van der Waals surface area contributed by atoms with E-state index in [1.54, 1.807) is 6.07 Å². The zero-order chi connectivity index (χ0) is 13.0. The maximum absolute atomic E-state index is 12.3. The lowest BCUT2D eigenvalue weighted by molar-refractivity contribution is 0.0720. The average Bonchev–Trinajstić information content (AvgIpc) is 2.42. The second-order valence-corrected chi connectivity index (χ2v) is 4.61. The van der Waals surface area contributed by atoms with Gasteiger partial charge in [-0.1, -0.05) is 6.07 Å². The quantitative estimate of drug-likeness (QED) is 0.833. The highest BCUT2D eigenvalue weighted by molar-refractivity contribution is 5.94. The molecular weight excluding hydrogens is 230 g/mol. The van der Waals surface area contributed by atoms with Crippen molar-refractivity contribution in [1.82, 2.24) is 4.90 Å². The van der Waals surface area contributed by atoms with E-state index in [0.29, 0.717) is 11.3 Å². The minimum Gasteiger partial charge on any atom is -0.467 e. The van der Waals surface area contributed by atoms with Gasteiger partial charge < -0.3 is 14.7 Å². The number of hydrogen-bond acceptors (Lipinski definition) is 3. The van der Waals surface area contributed by atoms with Crippen LogP contribution in [0.4, 0.5) is 0 Å². The molecule has 1 amide bonds. The van der Waals surface area contributed by atoms with Crippen LogP contribution in [0.25, 0.3) is 0 Å². The summed E-state index contributed by atoms with van der Waals surface area (Å²) in [6.45, 7) is 3.19. The minimum atomic E-state index is -0.373. The molecule has 1 aromatic carbocycles. The number of piperidine rings is 1. The van der Waals surface area contributed by atoms with Gasteiger partial charge in [0.25, 0.3) is 5.91 Å². The number of aliphatic hydroxyl groups is 1. The third kappa shape index (κ3) is 2.82. The van der Waals surface area contributed by atoms with E-state index in [1.165, 1.54) is 6.42 Å². The molecule has 0 atom stereocenters. The number of carbonyl (C=O) groups is 1. The Kier molecular flexibility index (Phi) is 4.20. The van der Waals surface area contributed by atoms with Crippen molar-refractivity contribution in [1.29, 1.82) is 0 Å². The van der Waals surface area contributed by atoms with Crippen LogP contribution in [0.2, 0.25) is 0 Å². The number of ether oxygens (including phenoxy) is 1. The standard InChI is InChI=1S/C14H19NO3/c1-11-5-6-12(9-13(11)18-10-16)14(17)15-7-3-2-4-8-15/h5-6,9,16H,2-4,7-8,10H2,1H3. The van der Waals surface area contributed by atoms with Gasteiger partial charge >= 0.3 is 0 Å². The molecule has 1 aliphatic rings. The van der Waals surface area contributed by atoms with Crippen molar-refractivity contribution >= 4 is 5.91 Å². The van der Waals surface area contributed by atoms with Gasteiger partial charge in [0.2, 0.25) is 0 Å². The Labute approximate surface area is 107 Å². The summed E-state index contributed by atoms with van der Waals surface area (Å²) in [6, 6.07) is 5.38. The van der Waals surface area contributed by atoms with Gasteiger partial charge in [-0.25, -0.2) is 0 Å². The lowest BCUT2D eigenvalue weighted by Crippen LogP contribution is -2.35. The summed E-state index contributed by atoms with van der Waals surface area (Å²) in [5.41, 5.74) is 1.55. The smallest absolute Gasteiger partial charge is 0.253 e. The van der Waals surface area contributed by atoms with Crippen LogP contribution in [0.3, 0.4) is 0 Å². The average molecular weight is 249 g/mol. The SMILES string of the molecule is Cc1ccc(C(=O)N2CCCCC2)cc1OCO. The van der Waals surface area contributed by atoms with Gasteiger partial charge in [0, 0.05) is 18.7 Å². The van der Waals surface area contributed by atoms with E-state index in [4.69, 9.17) is 9.84 Å². The summed E-state index contributed by atoms with van der Waals surface area (Å²) in [5, 5.41) is 8.80. The lowest BCUT2D eigenvalue weighted by Gasteiger charge is -2.27. The van der Waals surface area contributed by atoms with Crippen LogP contribution >= 0.6 is 0 Å². The molecule has 1 saturated heterocycles. The Bertz CT molecular complexity index is 425. The molecule has 0 radical (unpaired) electrons. The first-order valence-corrected chi connectivity index (χ1v) is 6.36. The molecule has 18 heavy (non-hydrogen) atoms. The van der Waals surface area contributed by atoms with Gasteiger partial charge in [-0.3, -0.25) is 4.79 Å². The van der Waals surface area contributed by atoms with E-state index in [1.807, 2.05) is 24.0 Å². The first kappa shape index (κ1) is 12.9. The van der Waals surface area contributed by atoms with Crippen LogP contribution in [0, 0.1) is 6.92 Å². The molecule has 1 aromatic rings. The molecule has 1 heterocycles. The molecule has 1 fully saturated rings. The molecule has 4 nitrogen and oxygen atoms in total. The van der Waals surface area contributed by atoms with E-state index in [0.717, 1.165) is 31.5 Å². The number of carbonyl (C=O) groups excluding carboxylic acids is 1. The molecular formula is C14H19NO3. The van der Waals surface area contributed by atoms with Crippen LogP contribution < -0.4 is 4.74 Å². The highest BCUT2D eigenvalue weighted by Crippen LogP contribution is 2.21. The maximum atomic E-state index is 12.3. The van der Waals surface area contributed by atoms with Gasteiger partial charge in [-0.2, -0.15) is 0 Å². The lowest BCUT2D eigenvalue weighted by atomic mass is 10.1. The first-order valence-electron chi connectivity index (χ1n) is 6.36. The van der Waals surface area contributed by atoms with E-state index in [2.05, 4.69) is 0 Å². The van der Waals surface area contributed by atoms with Crippen molar-refractivity contribution in [2.24, 2.45) is 0 Å². The molecule has 1 aliphatic heterocycles. The monoisotopic (exact) mass is 249 g/mol. The number of benzene rings is 1. The number of aryl methyl sites for hydroxylation is 1. The van der Waals surface area contributed by atoms with Crippen LogP contribution in [-0.2, 0) is 0 Å². The Balaban J connectivity index is 2.16. The maximum Gasteiger partial charge on any atom is 0.253 e. The number of likely N-dealkylation sites (tertiary alicyclic amines) is 1. The van der Waals surface area contributed by atoms with Crippen molar-refractivity contribution in [2.75, 3.05) is 19.9 Å². The third-order valence-electron chi connectivity index (χ3n) is 3.30. The Morgan fingerprint density at radius 1 is 1.33 bits per heavy atom. The van der Waals surface area contributed by atoms with Gasteiger partial charge in [0.15, 0.2) is 6.79 Å². The largest absolute Gasteiger partial charge is 0.467 e. The summed E-state index contributed by atoms with van der Waals surface area (Å²) < 4.78 is 5.10. The van der Waals surface area contributed by atoms with E-state index >= 15 is 0 Å². The molecule has 4 heteroatoms. The molecule has 0 aliphatic carbocycles. The fraction of sp³-hybridized carbons (Fsp3) is 0.500. The molecule has 0 saturated carbocycles. The number of amides is 1. The fourth-order valence-electron chi connectivity index (χ4n) is 2.24. The van der Waals surface area contributed by atoms with Crippen LogP contribution in [0.15, 0.2) is 18.2 Å². The molecule has 98 valence electrons. The summed E-state index contributed by atoms with van der Waals surface area (Å²) in [6.07, 6.45) is 3.37. The van der Waals surface area contributed by atoms with Gasteiger partial charge in [-0.15, -0.1) is 0 Å². The predicted octanol–water partition coefficient (Wildman–Crippen LogP) is 1.95. The summed E-state index contributed by atoms with van der Waals surface area (Å²) in [5.74, 6) is 0.623. The van der Waals surface area contributed by atoms with E-state index in [9.17, 15) is 4.79 Å². The van der Waals surface area contributed by atoms with Crippen molar-refractivity contribution in [3.8, 4) is 5.75 Å². The Morgan fingerprint density at radius 3 is 2.72 bits per heavy atom. The van der Waals surface area contributed by atoms with Crippen molar-refractivity contribution in [3.63, 3.8) is 0 Å². The molecule has 0 bridgehead atoms. The number of nitrogens with zero attached hydrogens (tertiary/aromatic N) is 1. The van der Waals surface area contributed by atoms with E-state index < -0.39 is 0 Å². The first-order chi connectivity index (χ1) is 8.72. The molecule has 0 spiro atoms. The normalized spacial score (nSPS) is 15.6. The zero-order valence-electron chi connectivity index (χ0n) is 10.7. The van der Waals surface area contributed by atoms with Crippen molar-refractivity contribution in [2.45, 2.75) is 26.2 Å². The Hall–Kier alpha value is -1.55. The number of hydrogen-bond donors (Lipinski definition) is 1. The van der Waals surface area contributed by atoms with E-state index in [-0.39, 0.29) is 12.7 Å². The highest BCUT2D eigenvalue weighted by atomic mass is 16.6. The predicted molar refractivity (Wildman–Crippen MR) is 68.6 cm³/mol. The zero-order valence-corrected chi connectivity index (χ0v) is 10.7. The summed E-state index contributed by atoms with van der Waals surface area (Å²) in [4.78, 5) is 14.2. The topological polar surface area (TPSA) is 49.8 Å². The van der Waals surface area contributed by atoms with Gasteiger partial charge in [0.1, 0.15) is 5.75 Å². The summed E-state index contributed by atoms with van der Waals surface area (Å²) >= 11 is 0. The van der Waals surface area contributed by atoms with Crippen molar-refractivity contribution in [3.05, 3.63) is 29.3 Å². The molecule has 1 N–H and O–H groups in total. The minimum absolute atomic E-state index is 0.0532. The van der Waals surface area contributed by atoms with Crippen LogP contribution in [0.1, 0.15) is 35.2 Å². The van der Waals surface area contributed by atoms with Crippen LogP contribution in [0.5, 0.6) is 5.75 Å². The Morgan fingerprint density at radius 2 is 2.06 bits per heavy atom. The van der Waals surface area contributed by atoms with Gasteiger partial charge in [0.05, 0.1) is 0 Å². The molecule has 0 unspecified atom stereocenters. The van der Waals surface area contributed by atoms with Gasteiger partial charge in [-0.05, 0) is 43.9 Å². The molecule has 2 rings (SSSR count). The highest BCUT2D eigenvalue weighted by Gasteiger charge is 2.18. The second kappa shape index (κ2) is 5.87.